The van der Waals surface area contributed by atoms with Crippen LogP contribution in [0.3, 0.4) is 0 Å². The third-order valence-electron chi connectivity index (χ3n) is 4.17. The second-order valence-corrected chi connectivity index (χ2v) is 7.41. The molecule has 1 heterocycles. The van der Waals surface area contributed by atoms with Gasteiger partial charge in [-0.15, -0.1) is 35.3 Å². The van der Waals surface area contributed by atoms with Gasteiger partial charge in [-0.2, -0.15) is 13.2 Å². The Kier molecular flexibility index (Phi) is 11.6. The molecule has 0 aliphatic rings. The number of aromatic nitrogens is 1. The predicted octanol–water partition coefficient (Wildman–Crippen LogP) is 4.96. The van der Waals surface area contributed by atoms with Crippen LogP contribution >= 0.6 is 35.3 Å². The van der Waals surface area contributed by atoms with E-state index in [0.717, 1.165) is 22.8 Å². The monoisotopic (exact) mass is 572 g/mol. The summed E-state index contributed by atoms with van der Waals surface area (Å²) in [5.74, 6) is 1.07. The maximum absolute atomic E-state index is 12.6. The number of thiazole rings is 1. The lowest BCUT2D eigenvalue weighted by Gasteiger charge is -2.21. The molecule has 2 rings (SSSR count). The average molecular weight is 572 g/mol. The van der Waals surface area contributed by atoms with E-state index in [-0.39, 0.29) is 36.7 Å². The average Bonchev–Trinajstić information content (AvgIpc) is 3.17. The highest BCUT2D eigenvalue weighted by atomic mass is 127. The second kappa shape index (κ2) is 13.1. The molecule has 174 valence electrons. The number of guanidine groups is 1. The highest BCUT2D eigenvalue weighted by molar-refractivity contribution is 14.0. The molecule has 6 nitrogen and oxygen atoms in total. The zero-order chi connectivity index (χ0) is 22.1. The minimum absolute atomic E-state index is 0. The van der Waals surface area contributed by atoms with Crippen LogP contribution in [-0.2, 0) is 17.5 Å². The van der Waals surface area contributed by atoms with Crippen molar-refractivity contribution in [2.24, 2.45) is 4.99 Å². The van der Waals surface area contributed by atoms with Gasteiger partial charge in [-0.05, 0) is 38.1 Å². The Morgan fingerprint density at radius 1 is 1.29 bits per heavy atom. The molecular weight excluding hydrogens is 544 g/mol. The van der Waals surface area contributed by atoms with E-state index in [1.807, 2.05) is 31.2 Å². The lowest BCUT2D eigenvalue weighted by atomic mass is 10.2. The van der Waals surface area contributed by atoms with Crippen LogP contribution in [0.5, 0.6) is 5.75 Å². The number of benzene rings is 1. The highest BCUT2D eigenvalue weighted by Gasteiger charge is 2.30. The van der Waals surface area contributed by atoms with Crippen LogP contribution in [0.25, 0.3) is 0 Å². The first-order chi connectivity index (χ1) is 14.2. The lowest BCUT2D eigenvalue weighted by molar-refractivity contribution is -0.137. The molecule has 11 heteroatoms. The van der Waals surface area contributed by atoms with Crippen molar-refractivity contribution in [1.82, 2.24) is 15.2 Å². The van der Waals surface area contributed by atoms with E-state index in [1.54, 1.807) is 18.4 Å². The van der Waals surface area contributed by atoms with Gasteiger partial charge in [0.2, 0.25) is 0 Å². The molecule has 0 fully saturated rings. The van der Waals surface area contributed by atoms with Crippen molar-refractivity contribution in [2.75, 3.05) is 33.9 Å². The van der Waals surface area contributed by atoms with Crippen molar-refractivity contribution in [3.63, 3.8) is 0 Å². The highest BCUT2D eigenvalue weighted by Crippen LogP contribution is 2.30. The molecule has 0 aliphatic carbocycles. The lowest BCUT2D eigenvalue weighted by Crippen LogP contribution is -2.38. The number of rotatable bonds is 9. The van der Waals surface area contributed by atoms with Crippen molar-refractivity contribution < 1.29 is 22.6 Å². The summed E-state index contributed by atoms with van der Waals surface area (Å²) in [5.41, 5.74) is 0.224. The fraction of sp³-hybridized carbons (Fsp3) is 0.500. The first-order valence-corrected chi connectivity index (χ1v) is 10.4. The Hall–Kier alpha value is -1.60. The van der Waals surface area contributed by atoms with Gasteiger partial charge < -0.3 is 19.7 Å². The third kappa shape index (κ3) is 8.81. The van der Waals surface area contributed by atoms with Gasteiger partial charge in [0.05, 0.1) is 24.3 Å². The quantitative estimate of drug-likeness (QED) is 0.199. The van der Waals surface area contributed by atoms with Crippen molar-refractivity contribution in [3.05, 3.63) is 45.9 Å². The van der Waals surface area contributed by atoms with Gasteiger partial charge in [0, 0.05) is 26.1 Å². The van der Waals surface area contributed by atoms with Crippen LogP contribution < -0.4 is 10.1 Å². The first kappa shape index (κ1) is 27.4. The molecule has 0 saturated carbocycles. The molecule has 0 radical (unpaired) electrons. The summed E-state index contributed by atoms with van der Waals surface area (Å²) >= 11 is 1.56. The summed E-state index contributed by atoms with van der Waals surface area (Å²) in [6.45, 7) is 5.82. The van der Waals surface area contributed by atoms with Crippen LogP contribution in [0.2, 0.25) is 0 Å². The molecule has 0 saturated heterocycles. The van der Waals surface area contributed by atoms with Crippen molar-refractivity contribution >= 4 is 41.3 Å². The van der Waals surface area contributed by atoms with E-state index in [0.29, 0.717) is 31.3 Å². The molecule has 1 aromatic heterocycles. The molecule has 0 aliphatic heterocycles. The molecule has 1 atom stereocenters. The van der Waals surface area contributed by atoms with Gasteiger partial charge in [0.15, 0.2) is 5.96 Å². The molecule has 31 heavy (non-hydrogen) atoms. The molecule has 2 aromatic rings. The van der Waals surface area contributed by atoms with Crippen LogP contribution in [0.15, 0.2) is 34.6 Å². The minimum atomic E-state index is -4.35. The van der Waals surface area contributed by atoms with Crippen LogP contribution in [0, 0.1) is 0 Å². The van der Waals surface area contributed by atoms with Crippen molar-refractivity contribution in [2.45, 2.75) is 32.7 Å². The van der Waals surface area contributed by atoms with Gasteiger partial charge in [-0.1, -0.05) is 0 Å². The number of halogens is 4. The summed E-state index contributed by atoms with van der Waals surface area (Å²) in [6.07, 6.45) is -4.40. The predicted molar refractivity (Wildman–Crippen MR) is 127 cm³/mol. The summed E-state index contributed by atoms with van der Waals surface area (Å²) < 4.78 is 48.6. The Bertz CT molecular complexity index is 816. The molecule has 0 bridgehead atoms. The number of nitrogens with one attached hydrogen (secondary N) is 1. The number of hydrogen-bond donors (Lipinski definition) is 1. The van der Waals surface area contributed by atoms with Crippen molar-refractivity contribution in [1.29, 1.82) is 0 Å². The zero-order valence-electron chi connectivity index (χ0n) is 17.9. The van der Waals surface area contributed by atoms with Crippen molar-refractivity contribution in [3.8, 4) is 5.75 Å². The van der Waals surface area contributed by atoms with E-state index < -0.39 is 11.7 Å². The van der Waals surface area contributed by atoms with E-state index in [2.05, 4.69) is 15.3 Å². The summed E-state index contributed by atoms with van der Waals surface area (Å²) in [6, 6.07) is 4.63. The van der Waals surface area contributed by atoms with Gasteiger partial charge in [0.1, 0.15) is 23.5 Å². The number of ether oxygens (including phenoxy) is 2. The number of nitrogens with zero attached hydrogens (tertiary/aromatic N) is 3. The standard InChI is InChI=1S/C20H27F3N4O2S.HI/c1-5-24-19(27(3)12-16-13-30-18(26-16)14(2)28-4)25-10-11-29-17-8-6-15(7-9-17)20(21,22)23;/h6-9,13-14H,5,10-12H2,1-4H3,(H,24,25);1H. The smallest absolute Gasteiger partial charge is 0.416 e. The van der Waals surface area contributed by atoms with E-state index in [1.165, 1.54) is 12.1 Å². The van der Waals surface area contributed by atoms with E-state index >= 15 is 0 Å². The molecular formula is C20H28F3IN4O2S. The largest absolute Gasteiger partial charge is 0.492 e. The first-order valence-electron chi connectivity index (χ1n) is 9.51. The molecule has 1 N–H and O–H groups in total. The third-order valence-corrected chi connectivity index (χ3v) is 5.22. The number of alkyl halides is 3. The van der Waals surface area contributed by atoms with Crippen LogP contribution in [0.1, 0.15) is 36.2 Å². The number of aliphatic imine (C=N–C) groups is 1. The molecule has 0 spiro atoms. The fourth-order valence-electron chi connectivity index (χ4n) is 2.53. The Morgan fingerprint density at radius 2 is 1.97 bits per heavy atom. The molecule has 1 aromatic carbocycles. The second-order valence-electron chi connectivity index (χ2n) is 6.52. The fourth-order valence-corrected chi connectivity index (χ4v) is 3.37. The maximum atomic E-state index is 12.6. The van der Waals surface area contributed by atoms with Gasteiger partial charge in [-0.25, -0.2) is 9.98 Å². The number of hydrogen-bond acceptors (Lipinski definition) is 5. The maximum Gasteiger partial charge on any atom is 0.416 e. The summed E-state index contributed by atoms with van der Waals surface area (Å²) in [4.78, 5) is 11.1. The topological polar surface area (TPSA) is 59.0 Å². The Morgan fingerprint density at radius 3 is 2.55 bits per heavy atom. The van der Waals surface area contributed by atoms with Gasteiger partial charge in [0.25, 0.3) is 0 Å². The van der Waals surface area contributed by atoms with E-state index in [4.69, 9.17) is 9.47 Å². The van der Waals surface area contributed by atoms with Crippen LogP contribution in [-0.4, -0.2) is 49.7 Å². The van der Waals surface area contributed by atoms with Crippen LogP contribution in [0.4, 0.5) is 13.2 Å². The summed E-state index contributed by atoms with van der Waals surface area (Å²) in [5, 5.41) is 6.13. The molecule has 1 unspecified atom stereocenters. The number of methoxy groups -OCH3 is 1. The summed E-state index contributed by atoms with van der Waals surface area (Å²) in [7, 11) is 3.57. The zero-order valence-corrected chi connectivity index (χ0v) is 21.0. The van der Waals surface area contributed by atoms with Gasteiger partial charge in [-0.3, -0.25) is 0 Å². The van der Waals surface area contributed by atoms with E-state index in [9.17, 15) is 13.2 Å². The molecule has 0 amide bonds. The normalized spacial score (nSPS) is 12.8. The Balaban J connectivity index is 0.00000480. The Labute approximate surface area is 201 Å². The SMILES string of the molecule is CCNC(=NCCOc1ccc(C(F)(F)F)cc1)N(C)Cc1csc(C(C)OC)n1.I. The minimum Gasteiger partial charge on any atom is -0.492 e. The van der Waals surface area contributed by atoms with Gasteiger partial charge >= 0.3 is 6.18 Å².